The van der Waals surface area contributed by atoms with Crippen molar-refractivity contribution in [1.82, 2.24) is 0 Å². The summed E-state index contributed by atoms with van der Waals surface area (Å²) in [5.41, 5.74) is -0.0884. The highest BCUT2D eigenvalue weighted by Gasteiger charge is 2.40. The van der Waals surface area contributed by atoms with E-state index in [0.717, 1.165) is 6.04 Å². The molecular weight excluding hydrogens is 264 g/mol. The summed E-state index contributed by atoms with van der Waals surface area (Å²) in [6.45, 7) is 13.4. The van der Waals surface area contributed by atoms with Crippen LogP contribution in [0.4, 0.5) is 0 Å². The van der Waals surface area contributed by atoms with E-state index in [2.05, 4.69) is 13.8 Å². The zero-order valence-corrected chi connectivity index (χ0v) is 15.1. The summed E-state index contributed by atoms with van der Waals surface area (Å²) in [6.07, 6.45) is 0.643. The minimum Gasteiger partial charge on any atom is -0.432 e. The summed E-state index contributed by atoms with van der Waals surface area (Å²) in [5, 5.41) is 0. The predicted octanol–water partition coefficient (Wildman–Crippen LogP) is 2.67. The Morgan fingerprint density at radius 1 is 1.00 bits per heavy atom. The van der Waals surface area contributed by atoms with Crippen LogP contribution in [-0.4, -0.2) is 39.4 Å². The van der Waals surface area contributed by atoms with Crippen molar-refractivity contribution >= 4 is 16.9 Å². The third kappa shape index (κ3) is 8.39. The summed E-state index contributed by atoms with van der Waals surface area (Å²) < 4.78 is 11.2. The van der Waals surface area contributed by atoms with E-state index >= 15 is 0 Å². The van der Waals surface area contributed by atoms with Crippen LogP contribution in [0.3, 0.4) is 0 Å². The molecule has 0 rings (SSSR count). The Morgan fingerprint density at radius 3 is 1.72 bits per heavy atom. The van der Waals surface area contributed by atoms with Gasteiger partial charge in [0.15, 0.2) is 14.1 Å². The van der Waals surface area contributed by atoms with E-state index < -0.39 is 22.7 Å². The Hall–Kier alpha value is 0.274. The first-order chi connectivity index (χ1) is 7.68. The quantitative estimate of drug-likeness (QED) is 0.560. The smallest absolute Gasteiger partial charge is 0.331 e. The standard InChI is InChI=1S/C12H30O4Si2/c1-11(2,10-17(5,6)13)9-12(3,15-4)16-18(7,8)14/h13-14H,9-10H2,1-8H3. The molecule has 1 atom stereocenters. The number of methoxy groups -OCH3 is 1. The molecule has 0 aromatic rings. The zero-order chi connectivity index (χ0) is 14.8. The largest absolute Gasteiger partial charge is 0.432 e. The average Bonchev–Trinajstić information content (AvgIpc) is 1.93. The van der Waals surface area contributed by atoms with Crippen molar-refractivity contribution in [3.63, 3.8) is 0 Å². The van der Waals surface area contributed by atoms with Crippen molar-refractivity contribution < 1.29 is 18.8 Å². The molecule has 0 aliphatic rings. The first-order valence-corrected chi connectivity index (χ1v) is 12.4. The highest BCUT2D eigenvalue weighted by atomic mass is 28.4. The maximum atomic E-state index is 10.1. The first-order valence-electron chi connectivity index (χ1n) is 6.38. The van der Waals surface area contributed by atoms with Crippen LogP contribution < -0.4 is 0 Å². The summed E-state index contributed by atoms with van der Waals surface area (Å²) in [4.78, 5) is 20.0. The molecule has 0 aliphatic carbocycles. The Labute approximate surface area is 114 Å². The Kier molecular flexibility index (Phi) is 5.81. The second kappa shape index (κ2) is 5.72. The molecule has 0 aliphatic heterocycles. The monoisotopic (exact) mass is 294 g/mol. The van der Waals surface area contributed by atoms with Gasteiger partial charge in [-0.1, -0.05) is 13.8 Å². The van der Waals surface area contributed by atoms with Crippen molar-refractivity contribution in [3.8, 4) is 0 Å². The maximum Gasteiger partial charge on any atom is 0.331 e. The van der Waals surface area contributed by atoms with Gasteiger partial charge < -0.3 is 18.8 Å². The summed E-state index contributed by atoms with van der Waals surface area (Å²) >= 11 is 0. The number of hydrogen-bond acceptors (Lipinski definition) is 4. The minimum atomic E-state index is -2.65. The molecule has 1 unspecified atom stereocenters. The third-order valence-electron chi connectivity index (χ3n) is 2.61. The van der Waals surface area contributed by atoms with E-state index in [-0.39, 0.29) is 5.41 Å². The molecule has 6 heteroatoms. The summed E-state index contributed by atoms with van der Waals surface area (Å²) in [5.74, 6) is -0.798. The molecule has 0 amide bonds. The molecule has 0 saturated heterocycles. The second-order valence-electron chi connectivity index (χ2n) is 7.22. The molecule has 0 spiro atoms. The molecule has 110 valence electrons. The predicted molar refractivity (Wildman–Crippen MR) is 79.1 cm³/mol. The van der Waals surface area contributed by atoms with E-state index in [1.807, 2.05) is 20.0 Å². The van der Waals surface area contributed by atoms with Crippen LogP contribution in [-0.2, 0) is 9.16 Å². The SMILES string of the molecule is COC(C)(CC(C)(C)C[Si](C)(C)O)O[Si](C)(C)O. The molecule has 2 N–H and O–H groups in total. The molecule has 0 heterocycles. The molecule has 0 bridgehead atoms. The minimum absolute atomic E-state index is 0.0884. The van der Waals surface area contributed by atoms with Crippen molar-refractivity contribution in [3.05, 3.63) is 0 Å². The van der Waals surface area contributed by atoms with Gasteiger partial charge in [-0.25, -0.2) is 0 Å². The van der Waals surface area contributed by atoms with Gasteiger partial charge in [-0.2, -0.15) is 0 Å². The van der Waals surface area contributed by atoms with E-state index in [1.54, 1.807) is 20.2 Å². The lowest BCUT2D eigenvalue weighted by Crippen LogP contribution is -2.47. The van der Waals surface area contributed by atoms with Gasteiger partial charge in [0, 0.05) is 13.5 Å². The lowest BCUT2D eigenvalue weighted by Gasteiger charge is -2.40. The maximum absolute atomic E-state index is 10.1. The van der Waals surface area contributed by atoms with E-state index in [1.165, 1.54) is 0 Å². The molecule has 0 fully saturated rings. The van der Waals surface area contributed by atoms with Crippen LogP contribution in [0, 0.1) is 5.41 Å². The average molecular weight is 295 g/mol. The van der Waals surface area contributed by atoms with Crippen LogP contribution in [0.5, 0.6) is 0 Å². The third-order valence-corrected chi connectivity index (χ3v) is 5.36. The van der Waals surface area contributed by atoms with Gasteiger partial charge in [-0.15, -0.1) is 0 Å². The van der Waals surface area contributed by atoms with Crippen molar-refractivity contribution in [2.24, 2.45) is 5.41 Å². The topological polar surface area (TPSA) is 58.9 Å². The highest BCUT2D eigenvalue weighted by molar-refractivity contribution is 6.69. The Bertz CT molecular complexity index is 268. The number of rotatable bonds is 7. The van der Waals surface area contributed by atoms with Crippen LogP contribution in [0.25, 0.3) is 0 Å². The Balaban J connectivity index is 4.80. The number of ether oxygens (including phenoxy) is 1. The van der Waals surface area contributed by atoms with Gasteiger partial charge in [0.2, 0.25) is 0 Å². The van der Waals surface area contributed by atoms with Gasteiger partial charge in [-0.05, 0) is 44.6 Å². The lowest BCUT2D eigenvalue weighted by molar-refractivity contribution is -0.181. The highest BCUT2D eigenvalue weighted by Crippen LogP contribution is 2.38. The van der Waals surface area contributed by atoms with E-state index in [0.29, 0.717) is 6.42 Å². The molecule has 4 nitrogen and oxygen atoms in total. The molecule has 0 aromatic carbocycles. The van der Waals surface area contributed by atoms with E-state index in [9.17, 15) is 9.59 Å². The zero-order valence-electron chi connectivity index (χ0n) is 13.1. The normalized spacial score (nSPS) is 17.7. The fraction of sp³-hybridized carbons (Fsp3) is 1.00. The van der Waals surface area contributed by atoms with Crippen molar-refractivity contribution in [2.45, 2.75) is 65.2 Å². The number of hydrogen-bond donors (Lipinski definition) is 2. The fourth-order valence-electron chi connectivity index (χ4n) is 2.78. The van der Waals surface area contributed by atoms with Gasteiger partial charge in [0.1, 0.15) is 0 Å². The molecule has 0 saturated carbocycles. The summed E-state index contributed by atoms with van der Waals surface area (Å²) in [7, 11) is -3.18. The van der Waals surface area contributed by atoms with Crippen LogP contribution in [0.2, 0.25) is 32.2 Å². The second-order valence-corrected chi connectivity index (χ2v) is 14.3. The van der Waals surface area contributed by atoms with Gasteiger partial charge in [-0.3, -0.25) is 0 Å². The van der Waals surface area contributed by atoms with Crippen molar-refractivity contribution in [1.29, 1.82) is 0 Å². The van der Waals surface area contributed by atoms with E-state index in [4.69, 9.17) is 9.16 Å². The van der Waals surface area contributed by atoms with Crippen LogP contribution >= 0.6 is 0 Å². The van der Waals surface area contributed by atoms with Gasteiger partial charge in [0.25, 0.3) is 0 Å². The Morgan fingerprint density at radius 2 is 1.44 bits per heavy atom. The van der Waals surface area contributed by atoms with Gasteiger partial charge >= 0.3 is 8.56 Å². The van der Waals surface area contributed by atoms with Crippen LogP contribution in [0.1, 0.15) is 27.2 Å². The van der Waals surface area contributed by atoms with Crippen LogP contribution in [0.15, 0.2) is 0 Å². The first kappa shape index (κ1) is 18.3. The summed E-state index contributed by atoms with van der Waals surface area (Å²) in [6, 6.07) is 0.774. The lowest BCUT2D eigenvalue weighted by atomic mass is 9.87. The molecular formula is C12H30O4Si2. The molecule has 18 heavy (non-hydrogen) atoms. The van der Waals surface area contributed by atoms with Gasteiger partial charge in [0.05, 0.1) is 0 Å². The molecule has 0 aromatic heterocycles. The molecule has 0 radical (unpaired) electrons. The fourth-order valence-corrected chi connectivity index (χ4v) is 6.46. The van der Waals surface area contributed by atoms with Crippen molar-refractivity contribution in [2.75, 3.05) is 7.11 Å².